The van der Waals surface area contributed by atoms with Crippen LogP contribution in [0.25, 0.3) is 0 Å². The van der Waals surface area contributed by atoms with E-state index in [0.29, 0.717) is 12.1 Å². The molecule has 2 unspecified atom stereocenters. The first-order valence-corrected chi connectivity index (χ1v) is 9.83. The number of rotatable bonds is 6. The van der Waals surface area contributed by atoms with Crippen molar-refractivity contribution in [2.45, 2.75) is 58.0 Å². The Balaban J connectivity index is 1.63. The number of nitrogens with one attached hydrogen (secondary N) is 2. The lowest BCUT2D eigenvalue weighted by Gasteiger charge is -2.24. The average molecular weight is 364 g/mol. The smallest absolute Gasteiger partial charge is 0.251 e. The second kappa shape index (κ2) is 8.85. The predicted octanol–water partition coefficient (Wildman–Crippen LogP) is 3.95. The van der Waals surface area contributed by atoms with Crippen molar-refractivity contribution in [3.63, 3.8) is 0 Å². The Morgan fingerprint density at radius 1 is 1.15 bits per heavy atom. The maximum Gasteiger partial charge on any atom is 0.251 e. The highest BCUT2D eigenvalue weighted by Gasteiger charge is 2.25. The lowest BCUT2D eigenvalue weighted by atomic mass is 9.82. The van der Waals surface area contributed by atoms with Gasteiger partial charge in [0.1, 0.15) is 0 Å². The zero-order valence-corrected chi connectivity index (χ0v) is 16.1. The maximum absolute atomic E-state index is 12.7. The molecule has 2 aromatic rings. The van der Waals surface area contributed by atoms with E-state index in [-0.39, 0.29) is 23.8 Å². The fourth-order valence-corrected chi connectivity index (χ4v) is 3.57. The summed E-state index contributed by atoms with van der Waals surface area (Å²) in [4.78, 5) is 25.0. The van der Waals surface area contributed by atoms with E-state index in [4.69, 9.17) is 0 Å². The van der Waals surface area contributed by atoms with Gasteiger partial charge in [-0.3, -0.25) is 9.59 Å². The standard InChI is InChI=1S/C23H28N2O2/c1-3-16(2)25-22(26)19-11-6-8-17(14-19)15-24-23(27)21-13-7-10-18-9-4-5-12-20(18)21/h4-6,8-9,11-12,14,16,21H,3,7,10,13,15H2,1-2H3,(H,24,27)(H,25,26). The number of hydrogen-bond acceptors (Lipinski definition) is 2. The molecule has 0 aliphatic heterocycles. The molecule has 0 radical (unpaired) electrons. The van der Waals surface area contributed by atoms with Crippen molar-refractivity contribution in [2.24, 2.45) is 0 Å². The number of fused-ring (bicyclic) bond motifs is 1. The molecule has 0 saturated heterocycles. The van der Waals surface area contributed by atoms with Crippen molar-refractivity contribution in [3.05, 3.63) is 70.8 Å². The molecule has 4 heteroatoms. The topological polar surface area (TPSA) is 58.2 Å². The van der Waals surface area contributed by atoms with Crippen molar-refractivity contribution < 1.29 is 9.59 Å². The molecule has 0 bridgehead atoms. The molecule has 2 amide bonds. The summed E-state index contributed by atoms with van der Waals surface area (Å²) in [5, 5.41) is 6.03. The summed E-state index contributed by atoms with van der Waals surface area (Å²) in [6, 6.07) is 15.8. The van der Waals surface area contributed by atoms with Gasteiger partial charge in [-0.25, -0.2) is 0 Å². The number of carbonyl (C=O) groups is 2. The molecule has 3 rings (SSSR count). The third kappa shape index (κ3) is 4.76. The molecule has 0 heterocycles. The van der Waals surface area contributed by atoms with Gasteiger partial charge in [0.2, 0.25) is 5.91 Å². The normalized spacial score (nSPS) is 16.9. The summed E-state index contributed by atoms with van der Waals surface area (Å²) in [6.45, 7) is 4.46. The minimum Gasteiger partial charge on any atom is -0.351 e. The molecule has 0 aromatic heterocycles. The van der Waals surface area contributed by atoms with E-state index < -0.39 is 0 Å². The van der Waals surface area contributed by atoms with Crippen molar-refractivity contribution in [1.29, 1.82) is 0 Å². The van der Waals surface area contributed by atoms with E-state index >= 15 is 0 Å². The van der Waals surface area contributed by atoms with E-state index in [9.17, 15) is 9.59 Å². The summed E-state index contributed by atoms with van der Waals surface area (Å²) < 4.78 is 0. The van der Waals surface area contributed by atoms with Crippen LogP contribution in [0.5, 0.6) is 0 Å². The number of aryl methyl sites for hydroxylation is 1. The highest BCUT2D eigenvalue weighted by atomic mass is 16.2. The van der Waals surface area contributed by atoms with Crippen LogP contribution in [0.4, 0.5) is 0 Å². The molecule has 0 saturated carbocycles. The van der Waals surface area contributed by atoms with Gasteiger partial charge < -0.3 is 10.6 Å². The summed E-state index contributed by atoms with van der Waals surface area (Å²) in [6.07, 6.45) is 3.87. The van der Waals surface area contributed by atoms with E-state index in [1.54, 1.807) is 6.07 Å². The van der Waals surface area contributed by atoms with Gasteiger partial charge in [-0.05, 0) is 61.4 Å². The molecule has 2 aromatic carbocycles. The van der Waals surface area contributed by atoms with E-state index in [0.717, 1.165) is 36.8 Å². The second-order valence-electron chi connectivity index (χ2n) is 7.34. The Bertz CT molecular complexity index is 816. The summed E-state index contributed by atoms with van der Waals surface area (Å²) in [7, 11) is 0. The van der Waals surface area contributed by atoms with Gasteiger partial charge >= 0.3 is 0 Å². The molecule has 27 heavy (non-hydrogen) atoms. The number of hydrogen-bond donors (Lipinski definition) is 2. The molecule has 1 aliphatic carbocycles. The van der Waals surface area contributed by atoms with Gasteiger partial charge in [-0.2, -0.15) is 0 Å². The van der Waals surface area contributed by atoms with Crippen LogP contribution in [-0.2, 0) is 17.8 Å². The van der Waals surface area contributed by atoms with Gasteiger partial charge in [-0.1, -0.05) is 43.3 Å². The zero-order valence-electron chi connectivity index (χ0n) is 16.1. The minimum absolute atomic E-state index is 0.0663. The molecule has 142 valence electrons. The highest BCUT2D eigenvalue weighted by Crippen LogP contribution is 2.31. The number of benzene rings is 2. The lowest BCUT2D eigenvalue weighted by molar-refractivity contribution is -0.123. The highest BCUT2D eigenvalue weighted by molar-refractivity contribution is 5.94. The monoisotopic (exact) mass is 364 g/mol. The first kappa shape index (κ1) is 19.2. The number of carbonyl (C=O) groups excluding carboxylic acids is 2. The van der Waals surface area contributed by atoms with Gasteiger partial charge in [0.05, 0.1) is 5.92 Å². The molecule has 1 aliphatic rings. The lowest BCUT2D eigenvalue weighted by Crippen LogP contribution is -2.32. The molecule has 0 spiro atoms. The Labute approximate surface area is 161 Å². The molecular weight excluding hydrogens is 336 g/mol. The van der Waals surface area contributed by atoms with Gasteiger partial charge in [0.15, 0.2) is 0 Å². The van der Waals surface area contributed by atoms with Crippen LogP contribution in [0, 0.1) is 0 Å². The van der Waals surface area contributed by atoms with E-state index in [1.807, 2.05) is 44.2 Å². The Kier molecular flexibility index (Phi) is 6.28. The molecule has 2 atom stereocenters. The van der Waals surface area contributed by atoms with Gasteiger partial charge in [0, 0.05) is 18.2 Å². The third-order valence-corrected chi connectivity index (χ3v) is 5.33. The van der Waals surface area contributed by atoms with Crippen LogP contribution in [0.2, 0.25) is 0 Å². The fourth-order valence-electron chi connectivity index (χ4n) is 3.57. The van der Waals surface area contributed by atoms with Gasteiger partial charge in [0.25, 0.3) is 5.91 Å². The van der Waals surface area contributed by atoms with Crippen molar-refractivity contribution in [3.8, 4) is 0 Å². The van der Waals surface area contributed by atoms with Crippen LogP contribution in [0.3, 0.4) is 0 Å². The van der Waals surface area contributed by atoms with Crippen LogP contribution < -0.4 is 10.6 Å². The van der Waals surface area contributed by atoms with Crippen molar-refractivity contribution >= 4 is 11.8 Å². The average Bonchev–Trinajstić information content (AvgIpc) is 2.71. The second-order valence-corrected chi connectivity index (χ2v) is 7.34. The quantitative estimate of drug-likeness (QED) is 0.815. The first-order chi connectivity index (χ1) is 13.1. The molecule has 4 nitrogen and oxygen atoms in total. The van der Waals surface area contributed by atoms with Crippen LogP contribution in [-0.4, -0.2) is 17.9 Å². The third-order valence-electron chi connectivity index (χ3n) is 5.33. The molecule has 0 fully saturated rings. The fraction of sp³-hybridized carbons (Fsp3) is 0.391. The van der Waals surface area contributed by atoms with Crippen LogP contribution in [0.1, 0.15) is 66.1 Å². The zero-order chi connectivity index (χ0) is 19.2. The van der Waals surface area contributed by atoms with Gasteiger partial charge in [-0.15, -0.1) is 0 Å². The van der Waals surface area contributed by atoms with Crippen molar-refractivity contribution in [2.75, 3.05) is 0 Å². The summed E-state index contributed by atoms with van der Waals surface area (Å²) in [5.41, 5.74) is 4.00. The summed E-state index contributed by atoms with van der Waals surface area (Å²) >= 11 is 0. The Morgan fingerprint density at radius 2 is 1.96 bits per heavy atom. The van der Waals surface area contributed by atoms with E-state index in [1.165, 1.54) is 5.56 Å². The largest absolute Gasteiger partial charge is 0.351 e. The predicted molar refractivity (Wildman–Crippen MR) is 108 cm³/mol. The Hall–Kier alpha value is -2.62. The SMILES string of the molecule is CCC(C)NC(=O)c1cccc(CNC(=O)C2CCCc3ccccc32)c1. The Morgan fingerprint density at radius 3 is 2.78 bits per heavy atom. The minimum atomic E-state index is -0.0770. The van der Waals surface area contributed by atoms with E-state index in [2.05, 4.69) is 22.8 Å². The molecule has 2 N–H and O–H groups in total. The van der Waals surface area contributed by atoms with Crippen LogP contribution >= 0.6 is 0 Å². The maximum atomic E-state index is 12.7. The summed E-state index contributed by atoms with van der Waals surface area (Å²) in [5.74, 6) is -0.0813. The van der Waals surface area contributed by atoms with Crippen LogP contribution in [0.15, 0.2) is 48.5 Å². The first-order valence-electron chi connectivity index (χ1n) is 9.83. The van der Waals surface area contributed by atoms with Crippen molar-refractivity contribution in [1.82, 2.24) is 10.6 Å². The number of amides is 2. The molecular formula is C23H28N2O2.